The van der Waals surface area contributed by atoms with Gasteiger partial charge < -0.3 is 20.1 Å². The third kappa shape index (κ3) is 4.26. The molecule has 0 bridgehead atoms. The predicted molar refractivity (Wildman–Crippen MR) is 132 cm³/mol. The Hall–Kier alpha value is -4.44. The summed E-state index contributed by atoms with van der Waals surface area (Å²) in [6.07, 6.45) is 0. The Kier molecular flexibility index (Phi) is 5.79. The monoisotopic (exact) mass is 472 g/mol. The van der Waals surface area contributed by atoms with Crippen molar-refractivity contribution in [2.24, 2.45) is 0 Å². The van der Waals surface area contributed by atoms with Gasteiger partial charge in [-0.15, -0.1) is 21.5 Å². The van der Waals surface area contributed by atoms with Gasteiger partial charge >= 0.3 is 6.03 Å². The van der Waals surface area contributed by atoms with E-state index in [1.54, 1.807) is 41.2 Å². The average molecular weight is 473 g/mol. The van der Waals surface area contributed by atoms with Crippen LogP contribution >= 0.6 is 11.3 Å². The van der Waals surface area contributed by atoms with Gasteiger partial charge in [0, 0.05) is 17.3 Å². The van der Waals surface area contributed by atoms with Crippen LogP contribution < -0.4 is 20.1 Å². The molecular formula is C24H20N6O3S. The van der Waals surface area contributed by atoms with E-state index in [1.807, 2.05) is 53.9 Å². The molecule has 3 heterocycles. The Morgan fingerprint density at radius 3 is 2.65 bits per heavy atom. The van der Waals surface area contributed by atoms with Gasteiger partial charge in [0.15, 0.2) is 11.5 Å². The zero-order valence-electron chi connectivity index (χ0n) is 18.4. The smallest absolute Gasteiger partial charge is 0.323 e. The molecule has 2 amide bonds. The molecule has 9 nitrogen and oxygen atoms in total. The van der Waals surface area contributed by atoms with Crippen molar-refractivity contribution in [2.45, 2.75) is 0 Å². The molecule has 0 aliphatic carbocycles. The number of nitrogens with zero attached hydrogens (tertiary/aromatic N) is 4. The highest BCUT2D eigenvalue weighted by Gasteiger charge is 2.13. The van der Waals surface area contributed by atoms with Crippen molar-refractivity contribution < 1.29 is 14.3 Å². The van der Waals surface area contributed by atoms with E-state index < -0.39 is 6.03 Å². The summed E-state index contributed by atoms with van der Waals surface area (Å²) in [6.45, 7) is 0. The number of carbonyl (C=O) groups excluding carboxylic acids is 1. The first-order valence-electron chi connectivity index (χ1n) is 10.3. The molecule has 10 heteroatoms. The lowest BCUT2D eigenvalue weighted by Gasteiger charge is -2.13. The molecule has 170 valence electrons. The van der Waals surface area contributed by atoms with Crippen molar-refractivity contribution in [1.82, 2.24) is 19.8 Å². The summed E-state index contributed by atoms with van der Waals surface area (Å²) in [4.78, 5) is 13.6. The number of aromatic nitrogens is 4. The maximum absolute atomic E-state index is 12.6. The van der Waals surface area contributed by atoms with E-state index in [-0.39, 0.29) is 0 Å². The van der Waals surface area contributed by atoms with E-state index in [0.29, 0.717) is 34.3 Å². The Morgan fingerprint density at radius 1 is 0.941 bits per heavy atom. The van der Waals surface area contributed by atoms with Crippen molar-refractivity contribution >= 4 is 34.4 Å². The quantitative estimate of drug-likeness (QED) is 0.353. The predicted octanol–water partition coefficient (Wildman–Crippen LogP) is 5.18. The van der Waals surface area contributed by atoms with Crippen LogP contribution in [0.15, 0.2) is 72.1 Å². The minimum Gasteiger partial charge on any atom is -0.497 e. The number of amides is 2. The molecule has 2 N–H and O–H groups in total. The van der Waals surface area contributed by atoms with Gasteiger partial charge in [-0.25, -0.2) is 4.79 Å². The molecule has 0 unspecified atom stereocenters. The first kappa shape index (κ1) is 21.4. The SMILES string of the molecule is COc1ccc(NC(=O)Nc2cccc(-c3ccc4nnc(-c5cccs5)n4n3)c2)c(OC)c1. The number of thiophene rings is 1. The van der Waals surface area contributed by atoms with E-state index in [4.69, 9.17) is 14.6 Å². The number of urea groups is 1. The lowest BCUT2D eigenvalue weighted by Crippen LogP contribution is -2.19. The van der Waals surface area contributed by atoms with Crippen LogP contribution in [0.2, 0.25) is 0 Å². The first-order chi connectivity index (χ1) is 16.6. The fraction of sp³-hybridized carbons (Fsp3) is 0.0833. The van der Waals surface area contributed by atoms with Gasteiger partial charge in [0.25, 0.3) is 0 Å². The topological polar surface area (TPSA) is 103 Å². The number of rotatable bonds is 6. The van der Waals surface area contributed by atoms with Gasteiger partial charge in [0.1, 0.15) is 11.5 Å². The number of carbonyl (C=O) groups is 1. The third-order valence-electron chi connectivity index (χ3n) is 5.08. The van der Waals surface area contributed by atoms with Crippen molar-refractivity contribution in [2.75, 3.05) is 24.9 Å². The summed E-state index contributed by atoms with van der Waals surface area (Å²) in [6, 6.07) is 19.9. The standard InChI is InChI=1S/C24H20N6O3S/c1-32-17-8-9-19(20(14-17)33-2)26-24(31)25-16-6-3-5-15(13-16)18-10-11-22-27-28-23(30(22)29-18)21-7-4-12-34-21/h3-14H,1-2H3,(H2,25,26,31). The minimum absolute atomic E-state index is 0.400. The lowest BCUT2D eigenvalue weighted by atomic mass is 10.1. The number of hydrogen-bond acceptors (Lipinski definition) is 7. The molecule has 2 aromatic carbocycles. The average Bonchev–Trinajstić information content (AvgIpc) is 3.54. The first-order valence-corrected chi connectivity index (χ1v) is 11.2. The zero-order valence-corrected chi connectivity index (χ0v) is 19.2. The molecule has 0 saturated heterocycles. The fourth-order valence-corrected chi connectivity index (χ4v) is 4.14. The van der Waals surface area contributed by atoms with Crippen LogP contribution in [0.4, 0.5) is 16.2 Å². The van der Waals surface area contributed by atoms with Gasteiger partial charge in [-0.2, -0.15) is 9.61 Å². The minimum atomic E-state index is -0.400. The summed E-state index contributed by atoms with van der Waals surface area (Å²) in [5.74, 6) is 1.82. The molecule has 0 radical (unpaired) electrons. The second-order valence-corrected chi connectivity index (χ2v) is 8.16. The van der Waals surface area contributed by atoms with Crippen molar-refractivity contribution in [1.29, 1.82) is 0 Å². The molecule has 0 saturated carbocycles. The van der Waals surface area contributed by atoms with Crippen molar-refractivity contribution in [3.8, 4) is 33.5 Å². The summed E-state index contributed by atoms with van der Waals surface area (Å²) in [5, 5.41) is 20.8. The number of fused-ring (bicyclic) bond motifs is 1. The highest BCUT2D eigenvalue weighted by molar-refractivity contribution is 7.13. The number of nitrogens with one attached hydrogen (secondary N) is 2. The van der Waals surface area contributed by atoms with Gasteiger partial charge in [-0.05, 0) is 47.8 Å². The van der Waals surface area contributed by atoms with Gasteiger partial charge in [-0.1, -0.05) is 18.2 Å². The molecule has 5 aromatic rings. The van der Waals surface area contributed by atoms with Crippen LogP contribution in [0.25, 0.3) is 27.6 Å². The Balaban J connectivity index is 1.37. The van der Waals surface area contributed by atoms with Crippen LogP contribution in [0.3, 0.4) is 0 Å². The molecule has 3 aromatic heterocycles. The second kappa shape index (κ2) is 9.20. The summed E-state index contributed by atoms with van der Waals surface area (Å²) < 4.78 is 12.3. The van der Waals surface area contributed by atoms with E-state index in [2.05, 4.69) is 20.8 Å². The van der Waals surface area contributed by atoms with Gasteiger partial charge in [-0.3, -0.25) is 0 Å². The second-order valence-electron chi connectivity index (χ2n) is 7.22. The largest absolute Gasteiger partial charge is 0.497 e. The number of methoxy groups -OCH3 is 2. The molecule has 5 rings (SSSR count). The highest BCUT2D eigenvalue weighted by Crippen LogP contribution is 2.29. The zero-order chi connectivity index (χ0) is 23.5. The Labute approximate surface area is 199 Å². The van der Waals surface area contributed by atoms with E-state index in [0.717, 1.165) is 16.1 Å². The molecule has 0 atom stereocenters. The molecule has 0 aliphatic heterocycles. The number of benzene rings is 2. The Morgan fingerprint density at radius 2 is 1.85 bits per heavy atom. The fourth-order valence-electron chi connectivity index (χ4n) is 3.45. The number of hydrogen-bond donors (Lipinski definition) is 2. The lowest BCUT2D eigenvalue weighted by molar-refractivity contribution is 0.262. The molecule has 0 spiro atoms. The maximum atomic E-state index is 12.6. The van der Waals surface area contributed by atoms with Crippen molar-refractivity contribution in [3.05, 3.63) is 72.1 Å². The highest BCUT2D eigenvalue weighted by atomic mass is 32.1. The maximum Gasteiger partial charge on any atom is 0.323 e. The van der Waals surface area contributed by atoms with Crippen LogP contribution in [-0.2, 0) is 0 Å². The Bertz CT molecular complexity index is 1470. The molecule has 0 aliphatic rings. The van der Waals surface area contributed by atoms with E-state index >= 15 is 0 Å². The van der Waals surface area contributed by atoms with Crippen LogP contribution in [-0.4, -0.2) is 40.1 Å². The number of anilines is 2. The molecule has 34 heavy (non-hydrogen) atoms. The van der Waals surface area contributed by atoms with E-state index in [9.17, 15) is 4.79 Å². The van der Waals surface area contributed by atoms with Crippen LogP contribution in [0, 0.1) is 0 Å². The van der Waals surface area contributed by atoms with Crippen LogP contribution in [0.5, 0.6) is 11.5 Å². The molecular weight excluding hydrogens is 452 g/mol. The molecule has 0 fully saturated rings. The summed E-state index contributed by atoms with van der Waals surface area (Å²) in [7, 11) is 3.10. The van der Waals surface area contributed by atoms with Crippen molar-refractivity contribution in [3.63, 3.8) is 0 Å². The normalized spacial score (nSPS) is 10.8. The summed E-state index contributed by atoms with van der Waals surface area (Å²) in [5.41, 5.74) is 3.37. The third-order valence-corrected chi connectivity index (χ3v) is 5.94. The number of ether oxygens (including phenoxy) is 2. The summed E-state index contributed by atoms with van der Waals surface area (Å²) >= 11 is 1.58. The van der Waals surface area contributed by atoms with Gasteiger partial charge in [0.2, 0.25) is 0 Å². The van der Waals surface area contributed by atoms with Gasteiger partial charge in [0.05, 0.1) is 30.5 Å². The van der Waals surface area contributed by atoms with E-state index in [1.165, 1.54) is 7.11 Å². The van der Waals surface area contributed by atoms with Crippen LogP contribution in [0.1, 0.15) is 0 Å².